The second kappa shape index (κ2) is 11.6. The van der Waals surface area contributed by atoms with Crippen LogP contribution < -0.4 is 26.4 Å². The number of sulfonamides is 1. The quantitative estimate of drug-likeness (QED) is 0.363. The van der Waals surface area contributed by atoms with E-state index in [1.807, 2.05) is 0 Å². The van der Waals surface area contributed by atoms with Crippen LogP contribution in [0.5, 0.6) is 0 Å². The van der Waals surface area contributed by atoms with E-state index in [0.29, 0.717) is 12.8 Å². The number of nitrogens with one attached hydrogen (secondary N) is 4. The lowest BCUT2D eigenvalue weighted by Gasteiger charge is -2.33. The van der Waals surface area contributed by atoms with E-state index in [9.17, 15) is 36.0 Å². The minimum absolute atomic E-state index is 0.134. The average molecular weight is 542 g/mol. The summed E-state index contributed by atoms with van der Waals surface area (Å²) in [6.07, 6.45) is -1.92. The van der Waals surface area contributed by atoms with E-state index in [-0.39, 0.29) is 10.5 Å². The number of para-hydroxylation sites is 1. The number of carbonyl (C=O) groups excluding carboxylic acids is 3. The molecule has 2 atom stereocenters. The molecular formula is C23H26F3N5O5S. The summed E-state index contributed by atoms with van der Waals surface area (Å²) in [7, 11) is -3.90. The van der Waals surface area contributed by atoms with Crippen LogP contribution >= 0.6 is 0 Å². The number of nitrogens with two attached hydrogens (primary N) is 1. The van der Waals surface area contributed by atoms with Gasteiger partial charge in [-0.1, -0.05) is 25.0 Å². The summed E-state index contributed by atoms with van der Waals surface area (Å²) in [5.74, 6) is -1.05. The van der Waals surface area contributed by atoms with E-state index >= 15 is 0 Å². The SMILES string of the molecule is NS(=O)(=O)c1ccc(C(=O)N[C@H]2CCCC[C@H]2NC(=O)CNC(=O)Nc2ccccc2C(F)(F)F)cc1. The lowest BCUT2D eigenvalue weighted by Crippen LogP contribution is -2.54. The highest BCUT2D eigenvalue weighted by Crippen LogP contribution is 2.34. The highest BCUT2D eigenvalue weighted by Gasteiger charge is 2.33. The normalized spacial score (nSPS) is 17.9. The van der Waals surface area contributed by atoms with E-state index in [1.165, 1.54) is 36.4 Å². The maximum Gasteiger partial charge on any atom is 0.418 e. The largest absolute Gasteiger partial charge is 0.418 e. The van der Waals surface area contributed by atoms with Crippen molar-refractivity contribution in [2.24, 2.45) is 5.14 Å². The maximum absolute atomic E-state index is 13.1. The molecular weight excluding hydrogens is 515 g/mol. The number of halogens is 3. The Labute approximate surface area is 211 Å². The number of carbonyl (C=O) groups is 3. The number of hydrogen-bond acceptors (Lipinski definition) is 5. The fourth-order valence-corrected chi connectivity index (χ4v) is 4.46. The zero-order chi connectivity index (χ0) is 27.2. The molecule has 0 bridgehead atoms. The van der Waals surface area contributed by atoms with Crippen molar-refractivity contribution < 1.29 is 36.0 Å². The van der Waals surface area contributed by atoms with Crippen molar-refractivity contribution in [2.45, 2.75) is 48.8 Å². The molecule has 1 aliphatic rings. The third-order valence-corrected chi connectivity index (χ3v) is 6.69. The molecule has 3 rings (SSSR count). The first-order valence-corrected chi connectivity index (χ1v) is 12.8. The first-order chi connectivity index (χ1) is 17.3. The van der Waals surface area contributed by atoms with Gasteiger partial charge in [0, 0.05) is 17.6 Å². The highest BCUT2D eigenvalue weighted by atomic mass is 32.2. The highest BCUT2D eigenvalue weighted by molar-refractivity contribution is 7.89. The summed E-state index contributed by atoms with van der Waals surface area (Å²) in [6.45, 7) is -0.494. The van der Waals surface area contributed by atoms with Crippen LogP contribution in [0.25, 0.3) is 0 Å². The van der Waals surface area contributed by atoms with Crippen molar-refractivity contribution >= 4 is 33.6 Å². The molecule has 10 nitrogen and oxygen atoms in total. The molecule has 37 heavy (non-hydrogen) atoms. The molecule has 200 valence electrons. The number of amides is 4. The molecule has 1 aliphatic carbocycles. The molecule has 0 aliphatic heterocycles. The number of anilines is 1. The molecule has 0 radical (unpaired) electrons. The molecule has 0 heterocycles. The topological polar surface area (TPSA) is 159 Å². The molecule has 1 fully saturated rings. The number of alkyl halides is 3. The van der Waals surface area contributed by atoms with Crippen molar-refractivity contribution in [1.29, 1.82) is 0 Å². The third kappa shape index (κ3) is 7.92. The van der Waals surface area contributed by atoms with Crippen LogP contribution in [-0.4, -0.2) is 44.9 Å². The third-order valence-electron chi connectivity index (χ3n) is 5.76. The second-order valence-electron chi connectivity index (χ2n) is 8.46. The van der Waals surface area contributed by atoms with Gasteiger partial charge >= 0.3 is 12.2 Å². The predicted molar refractivity (Wildman–Crippen MR) is 128 cm³/mol. The molecule has 14 heteroatoms. The Bertz CT molecular complexity index is 1250. The Hall–Kier alpha value is -3.65. The fourth-order valence-electron chi connectivity index (χ4n) is 3.95. The minimum Gasteiger partial charge on any atom is -0.350 e. The number of hydrogen-bond donors (Lipinski definition) is 5. The van der Waals surface area contributed by atoms with Gasteiger partial charge in [0.15, 0.2) is 0 Å². The monoisotopic (exact) mass is 541 g/mol. The van der Waals surface area contributed by atoms with Crippen molar-refractivity contribution in [1.82, 2.24) is 16.0 Å². The van der Waals surface area contributed by atoms with Gasteiger partial charge < -0.3 is 21.3 Å². The van der Waals surface area contributed by atoms with Crippen molar-refractivity contribution in [3.05, 3.63) is 59.7 Å². The zero-order valence-corrected chi connectivity index (χ0v) is 20.3. The van der Waals surface area contributed by atoms with Gasteiger partial charge in [-0.2, -0.15) is 13.2 Å². The first kappa shape index (κ1) is 27.9. The summed E-state index contributed by atoms with van der Waals surface area (Å²) in [4.78, 5) is 37.0. The summed E-state index contributed by atoms with van der Waals surface area (Å²) >= 11 is 0. The molecule has 2 aromatic rings. The van der Waals surface area contributed by atoms with Crippen molar-refractivity contribution in [3.8, 4) is 0 Å². The Morgan fingerprint density at radius 2 is 1.51 bits per heavy atom. The Kier molecular flexibility index (Phi) is 8.76. The average Bonchev–Trinajstić information content (AvgIpc) is 2.83. The van der Waals surface area contributed by atoms with Gasteiger partial charge in [0.25, 0.3) is 5.91 Å². The van der Waals surface area contributed by atoms with Gasteiger partial charge in [0.2, 0.25) is 15.9 Å². The number of urea groups is 1. The molecule has 0 saturated heterocycles. The van der Waals surface area contributed by atoms with Crippen LogP contribution in [0.4, 0.5) is 23.7 Å². The molecule has 0 aromatic heterocycles. The van der Waals surface area contributed by atoms with Crippen LogP contribution in [0.2, 0.25) is 0 Å². The Morgan fingerprint density at radius 1 is 0.919 bits per heavy atom. The van der Waals surface area contributed by atoms with Crippen LogP contribution in [0.1, 0.15) is 41.6 Å². The van der Waals surface area contributed by atoms with Gasteiger partial charge in [0.1, 0.15) is 0 Å². The standard InChI is InChI=1S/C23H26F3N5O5S/c24-23(25,26)16-5-1-2-6-17(16)31-22(34)28-13-20(32)29-18-7-3-4-8-19(18)30-21(33)14-9-11-15(12-10-14)37(27,35)36/h1-2,5-6,9-12,18-19H,3-4,7-8,13H2,(H,29,32)(H,30,33)(H2,27,35,36)(H2,28,31,34)/t18-,19+/m1/s1. The molecule has 4 amide bonds. The van der Waals surface area contributed by atoms with Crippen molar-refractivity contribution in [2.75, 3.05) is 11.9 Å². The summed E-state index contributed by atoms with van der Waals surface area (Å²) in [5.41, 5.74) is -1.25. The first-order valence-electron chi connectivity index (χ1n) is 11.3. The molecule has 2 aromatic carbocycles. The van der Waals surface area contributed by atoms with E-state index in [0.717, 1.165) is 25.0 Å². The Balaban J connectivity index is 1.53. The van der Waals surface area contributed by atoms with E-state index in [2.05, 4.69) is 21.3 Å². The van der Waals surface area contributed by atoms with Gasteiger partial charge in [-0.3, -0.25) is 9.59 Å². The van der Waals surface area contributed by atoms with Gasteiger partial charge in [-0.15, -0.1) is 0 Å². The molecule has 6 N–H and O–H groups in total. The van der Waals surface area contributed by atoms with Crippen molar-refractivity contribution in [3.63, 3.8) is 0 Å². The van der Waals surface area contributed by atoms with Gasteiger partial charge in [-0.05, 0) is 49.2 Å². The maximum atomic E-state index is 13.1. The number of rotatable bonds is 7. The minimum atomic E-state index is -4.66. The fraction of sp³-hybridized carbons (Fsp3) is 0.348. The zero-order valence-electron chi connectivity index (χ0n) is 19.5. The number of benzene rings is 2. The predicted octanol–water partition coefficient (Wildman–Crippen LogP) is 2.33. The Morgan fingerprint density at radius 3 is 2.11 bits per heavy atom. The summed E-state index contributed by atoms with van der Waals surface area (Å²) in [6, 6.07) is 7.69. The molecule has 1 saturated carbocycles. The summed E-state index contributed by atoms with van der Waals surface area (Å²) in [5, 5.41) is 14.9. The van der Waals surface area contributed by atoms with Gasteiger partial charge in [-0.25, -0.2) is 18.4 Å². The van der Waals surface area contributed by atoms with Crippen LogP contribution in [0.3, 0.4) is 0 Å². The molecule has 0 spiro atoms. The van der Waals surface area contributed by atoms with E-state index in [4.69, 9.17) is 5.14 Å². The van der Waals surface area contributed by atoms with Crippen LogP contribution in [0.15, 0.2) is 53.4 Å². The van der Waals surface area contributed by atoms with Crippen LogP contribution in [-0.2, 0) is 21.0 Å². The molecule has 0 unspecified atom stereocenters. The van der Waals surface area contributed by atoms with E-state index < -0.39 is 63.9 Å². The number of primary sulfonamides is 1. The van der Waals surface area contributed by atoms with Gasteiger partial charge in [0.05, 0.1) is 22.7 Å². The lowest BCUT2D eigenvalue weighted by molar-refractivity contribution is -0.137. The van der Waals surface area contributed by atoms with Crippen LogP contribution in [0, 0.1) is 0 Å². The second-order valence-corrected chi connectivity index (χ2v) is 10.0. The lowest BCUT2D eigenvalue weighted by atomic mass is 9.90. The summed E-state index contributed by atoms with van der Waals surface area (Å²) < 4.78 is 62.0. The smallest absolute Gasteiger partial charge is 0.350 e. The van der Waals surface area contributed by atoms with E-state index in [1.54, 1.807) is 0 Å².